The van der Waals surface area contributed by atoms with Crippen molar-refractivity contribution in [3.05, 3.63) is 60.6 Å². The van der Waals surface area contributed by atoms with Gasteiger partial charge in [-0.05, 0) is 24.3 Å². The van der Waals surface area contributed by atoms with Crippen LogP contribution in [0.15, 0.2) is 54.9 Å². The zero-order chi connectivity index (χ0) is 14.7. The van der Waals surface area contributed by atoms with Gasteiger partial charge in [-0.3, -0.25) is 4.98 Å². The number of nitriles is 1. The van der Waals surface area contributed by atoms with Gasteiger partial charge in [-0.2, -0.15) is 10.4 Å². The van der Waals surface area contributed by atoms with Gasteiger partial charge in [0.15, 0.2) is 5.69 Å². The molecule has 0 aliphatic heterocycles. The molecule has 5 heteroatoms. The summed E-state index contributed by atoms with van der Waals surface area (Å²) in [5, 5.41) is 13.4. The Morgan fingerprint density at radius 2 is 1.95 bits per heavy atom. The van der Waals surface area contributed by atoms with Gasteiger partial charge in [-0.25, -0.2) is 4.68 Å². The predicted molar refractivity (Wildman–Crippen MR) is 78.1 cm³/mol. The van der Waals surface area contributed by atoms with Crippen LogP contribution in [0.3, 0.4) is 0 Å². The first kappa shape index (κ1) is 12.9. The van der Waals surface area contributed by atoms with Crippen molar-refractivity contribution in [1.82, 2.24) is 14.8 Å². The van der Waals surface area contributed by atoms with Gasteiger partial charge in [0.25, 0.3) is 0 Å². The van der Waals surface area contributed by atoms with Crippen LogP contribution in [-0.2, 0) is 0 Å². The highest BCUT2D eigenvalue weighted by Crippen LogP contribution is 2.25. The monoisotopic (exact) mass is 276 g/mol. The van der Waals surface area contributed by atoms with Crippen LogP contribution in [0.4, 0.5) is 0 Å². The molecule has 0 saturated carbocycles. The number of ether oxygens (including phenoxy) is 1. The summed E-state index contributed by atoms with van der Waals surface area (Å²) in [7, 11) is 1.62. The highest BCUT2D eigenvalue weighted by molar-refractivity contribution is 5.63. The van der Waals surface area contributed by atoms with Crippen molar-refractivity contribution in [1.29, 1.82) is 5.26 Å². The lowest BCUT2D eigenvalue weighted by molar-refractivity contribution is 0.414. The van der Waals surface area contributed by atoms with E-state index in [1.54, 1.807) is 30.3 Å². The van der Waals surface area contributed by atoms with E-state index >= 15 is 0 Å². The first-order chi connectivity index (χ1) is 10.3. The van der Waals surface area contributed by atoms with Crippen molar-refractivity contribution in [2.45, 2.75) is 0 Å². The highest BCUT2D eigenvalue weighted by atomic mass is 16.5. The number of aromatic nitrogens is 3. The molecule has 3 aromatic rings. The van der Waals surface area contributed by atoms with Crippen molar-refractivity contribution in [2.24, 2.45) is 0 Å². The van der Waals surface area contributed by atoms with Crippen LogP contribution in [-0.4, -0.2) is 21.9 Å². The standard InChI is InChI=1S/C16H12N4O/c1-21-15-4-2-3-14(10-15)20-16(9-13(11-17)19-20)12-5-7-18-8-6-12/h2-10H,1H3. The van der Waals surface area contributed by atoms with E-state index in [1.165, 1.54) is 0 Å². The van der Waals surface area contributed by atoms with E-state index in [0.717, 1.165) is 22.7 Å². The molecule has 21 heavy (non-hydrogen) atoms. The largest absolute Gasteiger partial charge is 0.497 e. The molecule has 1 aromatic carbocycles. The van der Waals surface area contributed by atoms with Gasteiger partial charge in [0.2, 0.25) is 0 Å². The second kappa shape index (κ2) is 5.47. The summed E-state index contributed by atoms with van der Waals surface area (Å²) in [5.41, 5.74) is 2.98. The van der Waals surface area contributed by atoms with Crippen LogP contribution >= 0.6 is 0 Å². The predicted octanol–water partition coefficient (Wildman–Crippen LogP) is 2.81. The van der Waals surface area contributed by atoms with E-state index in [-0.39, 0.29) is 0 Å². The molecule has 2 aromatic heterocycles. The minimum absolute atomic E-state index is 0.365. The maximum absolute atomic E-state index is 9.11. The van der Waals surface area contributed by atoms with Gasteiger partial charge in [-0.1, -0.05) is 6.07 Å². The normalized spacial score (nSPS) is 10.1. The van der Waals surface area contributed by atoms with E-state index in [2.05, 4.69) is 16.2 Å². The average molecular weight is 276 g/mol. The van der Waals surface area contributed by atoms with Crippen molar-refractivity contribution in [3.63, 3.8) is 0 Å². The molecule has 0 N–H and O–H groups in total. The van der Waals surface area contributed by atoms with Gasteiger partial charge in [-0.15, -0.1) is 0 Å². The molecular weight excluding hydrogens is 264 g/mol. The third kappa shape index (κ3) is 2.47. The zero-order valence-electron chi connectivity index (χ0n) is 11.4. The van der Waals surface area contributed by atoms with Crippen molar-refractivity contribution < 1.29 is 4.74 Å². The fourth-order valence-corrected chi connectivity index (χ4v) is 2.10. The van der Waals surface area contributed by atoms with Crippen LogP contribution in [0.2, 0.25) is 0 Å². The Morgan fingerprint density at radius 1 is 1.14 bits per heavy atom. The summed E-state index contributed by atoms with van der Waals surface area (Å²) in [6, 6.07) is 15.1. The number of nitrogens with zero attached hydrogens (tertiary/aromatic N) is 4. The Labute approximate surface area is 122 Å². The van der Waals surface area contributed by atoms with E-state index in [1.807, 2.05) is 36.4 Å². The molecule has 0 atom stereocenters. The molecule has 5 nitrogen and oxygen atoms in total. The molecule has 0 saturated heterocycles. The molecule has 0 unspecified atom stereocenters. The Bertz CT molecular complexity index is 803. The molecule has 0 bridgehead atoms. The number of hydrogen-bond acceptors (Lipinski definition) is 4. The van der Waals surface area contributed by atoms with Gasteiger partial charge < -0.3 is 4.74 Å². The molecular formula is C16H12N4O. The minimum atomic E-state index is 0.365. The SMILES string of the molecule is COc1cccc(-n2nc(C#N)cc2-c2ccncc2)c1. The maximum Gasteiger partial charge on any atom is 0.163 e. The molecule has 2 heterocycles. The quantitative estimate of drug-likeness (QED) is 0.738. The third-order valence-corrected chi connectivity index (χ3v) is 3.10. The first-order valence-corrected chi connectivity index (χ1v) is 6.37. The summed E-state index contributed by atoms with van der Waals surface area (Å²) in [6.45, 7) is 0. The Hall–Kier alpha value is -3.13. The van der Waals surface area contributed by atoms with Crippen LogP contribution in [0.1, 0.15) is 5.69 Å². The smallest absolute Gasteiger partial charge is 0.163 e. The number of rotatable bonds is 3. The topological polar surface area (TPSA) is 63.7 Å². The van der Waals surface area contributed by atoms with Crippen molar-refractivity contribution in [2.75, 3.05) is 7.11 Å². The molecule has 0 radical (unpaired) electrons. The number of pyridine rings is 1. The van der Waals surface area contributed by atoms with Gasteiger partial charge in [0, 0.05) is 30.1 Å². The molecule has 0 fully saturated rings. The fraction of sp³-hybridized carbons (Fsp3) is 0.0625. The van der Waals surface area contributed by atoms with Gasteiger partial charge in [0.1, 0.15) is 11.8 Å². The Morgan fingerprint density at radius 3 is 2.67 bits per heavy atom. The van der Waals surface area contributed by atoms with Crippen LogP contribution in [0.25, 0.3) is 16.9 Å². The van der Waals surface area contributed by atoms with E-state index in [4.69, 9.17) is 10.00 Å². The number of benzene rings is 1. The van der Waals surface area contributed by atoms with E-state index < -0.39 is 0 Å². The number of hydrogen-bond donors (Lipinski definition) is 0. The fourth-order valence-electron chi connectivity index (χ4n) is 2.10. The summed E-state index contributed by atoms with van der Waals surface area (Å²) in [4.78, 5) is 4.01. The molecule has 0 aliphatic rings. The molecule has 102 valence electrons. The minimum Gasteiger partial charge on any atom is -0.497 e. The van der Waals surface area contributed by atoms with Crippen LogP contribution in [0, 0.1) is 11.3 Å². The average Bonchev–Trinajstić information content (AvgIpc) is 3.00. The second-order valence-electron chi connectivity index (χ2n) is 4.38. The highest BCUT2D eigenvalue weighted by Gasteiger charge is 2.11. The lowest BCUT2D eigenvalue weighted by atomic mass is 10.2. The summed E-state index contributed by atoms with van der Waals surface area (Å²) in [6.07, 6.45) is 3.43. The molecule has 0 amide bonds. The van der Waals surface area contributed by atoms with E-state index in [0.29, 0.717) is 5.69 Å². The number of methoxy groups -OCH3 is 1. The lowest BCUT2D eigenvalue weighted by Crippen LogP contribution is -1.99. The first-order valence-electron chi connectivity index (χ1n) is 6.37. The summed E-state index contributed by atoms with van der Waals surface area (Å²) < 4.78 is 6.97. The Kier molecular flexibility index (Phi) is 3.36. The lowest BCUT2D eigenvalue weighted by Gasteiger charge is -2.08. The van der Waals surface area contributed by atoms with Crippen molar-refractivity contribution >= 4 is 0 Å². The van der Waals surface area contributed by atoms with Crippen LogP contribution < -0.4 is 4.74 Å². The van der Waals surface area contributed by atoms with Crippen LogP contribution in [0.5, 0.6) is 5.75 Å². The van der Waals surface area contributed by atoms with Crippen molar-refractivity contribution in [3.8, 4) is 28.8 Å². The molecule has 3 rings (SSSR count). The zero-order valence-corrected chi connectivity index (χ0v) is 11.4. The molecule has 0 spiro atoms. The maximum atomic E-state index is 9.11. The Balaban J connectivity index is 2.18. The third-order valence-electron chi connectivity index (χ3n) is 3.10. The van der Waals surface area contributed by atoms with E-state index in [9.17, 15) is 0 Å². The summed E-state index contributed by atoms with van der Waals surface area (Å²) in [5.74, 6) is 0.738. The van der Waals surface area contributed by atoms with Gasteiger partial charge >= 0.3 is 0 Å². The summed E-state index contributed by atoms with van der Waals surface area (Å²) >= 11 is 0. The second-order valence-corrected chi connectivity index (χ2v) is 4.38. The molecule has 0 aliphatic carbocycles. The van der Waals surface area contributed by atoms with Gasteiger partial charge in [0.05, 0.1) is 18.5 Å².